The highest BCUT2D eigenvalue weighted by atomic mass is 35.5. The SMILES string of the molecule is CC(=O)CC(O)C(=O)O.CC(C)(C)CN1C(=O)COC(c2cccc3ccccc23)c2cc(Cl)ccc21. The number of benzene rings is 3. The summed E-state index contributed by atoms with van der Waals surface area (Å²) in [6, 6.07) is 20.1. The first kappa shape index (κ1) is 28.3. The summed E-state index contributed by atoms with van der Waals surface area (Å²) >= 11 is 6.36. The van der Waals surface area contributed by atoms with E-state index in [4.69, 9.17) is 26.6 Å². The van der Waals surface area contributed by atoms with Crippen LogP contribution in [0.2, 0.25) is 5.02 Å². The summed E-state index contributed by atoms with van der Waals surface area (Å²) in [5.41, 5.74) is 2.82. The third kappa shape index (κ3) is 7.38. The van der Waals surface area contributed by atoms with Crippen LogP contribution >= 0.6 is 11.6 Å². The minimum absolute atomic E-state index is 0.0266. The van der Waals surface area contributed by atoms with Crippen LogP contribution in [0.15, 0.2) is 60.7 Å². The number of hydrogen-bond donors (Lipinski definition) is 2. The Morgan fingerprint density at radius 1 is 1.08 bits per heavy atom. The molecule has 2 unspecified atom stereocenters. The van der Waals surface area contributed by atoms with Gasteiger partial charge in [-0.25, -0.2) is 4.79 Å². The molecular weight excluding hydrogens is 494 g/mol. The van der Waals surface area contributed by atoms with Gasteiger partial charge in [0.15, 0.2) is 6.10 Å². The molecule has 0 saturated carbocycles. The van der Waals surface area contributed by atoms with Crippen LogP contribution in [-0.2, 0) is 19.1 Å². The number of rotatable bonds is 5. The van der Waals surface area contributed by atoms with Crippen LogP contribution in [0.3, 0.4) is 0 Å². The van der Waals surface area contributed by atoms with Gasteiger partial charge in [-0.3, -0.25) is 9.59 Å². The second kappa shape index (κ2) is 11.9. The first-order valence-electron chi connectivity index (χ1n) is 12.0. The molecule has 0 spiro atoms. The van der Waals surface area contributed by atoms with Gasteiger partial charge in [0, 0.05) is 29.2 Å². The zero-order chi connectivity index (χ0) is 27.3. The number of carbonyl (C=O) groups excluding carboxylic acids is 2. The third-order valence-electron chi connectivity index (χ3n) is 5.74. The molecule has 196 valence electrons. The number of hydrogen-bond acceptors (Lipinski definition) is 5. The fraction of sp³-hybridized carbons (Fsp3) is 0.345. The Labute approximate surface area is 221 Å². The van der Waals surface area contributed by atoms with Crippen LogP contribution in [-0.4, -0.2) is 47.1 Å². The molecule has 7 nitrogen and oxygen atoms in total. The van der Waals surface area contributed by atoms with Gasteiger partial charge in [0.25, 0.3) is 5.91 Å². The Balaban J connectivity index is 0.000000364. The maximum Gasteiger partial charge on any atom is 0.332 e. The lowest BCUT2D eigenvalue weighted by atomic mass is 9.93. The van der Waals surface area contributed by atoms with E-state index in [-0.39, 0.29) is 36.2 Å². The van der Waals surface area contributed by atoms with Crippen LogP contribution in [0.4, 0.5) is 5.69 Å². The molecule has 8 heteroatoms. The molecule has 0 aromatic heterocycles. The number of ether oxygens (including phenoxy) is 1. The number of carboxylic acids is 1. The van der Waals surface area contributed by atoms with Gasteiger partial charge in [0.1, 0.15) is 18.5 Å². The van der Waals surface area contributed by atoms with E-state index in [1.165, 1.54) is 6.92 Å². The number of carboxylic acid groups (broad SMARTS) is 1. The van der Waals surface area contributed by atoms with Crippen molar-refractivity contribution in [3.63, 3.8) is 0 Å². The van der Waals surface area contributed by atoms with Crippen LogP contribution in [0.1, 0.15) is 51.3 Å². The van der Waals surface area contributed by atoms with E-state index in [9.17, 15) is 14.4 Å². The molecule has 1 aliphatic heterocycles. The number of carbonyl (C=O) groups is 3. The third-order valence-corrected chi connectivity index (χ3v) is 5.98. The van der Waals surface area contributed by atoms with Crippen LogP contribution in [0, 0.1) is 5.41 Å². The molecule has 1 heterocycles. The zero-order valence-corrected chi connectivity index (χ0v) is 22.2. The van der Waals surface area contributed by atoms with Crippen LogP contribution in [0.5, 0.6) is 0 Å². The van der Waals surface area contributed by atoms with E-state index in [0.717, 1.165) is 27.6 Å². The van der Waals surface area contributed by atoms with Crippen molar-refractivity contribution in [2.45, 2.75) is 46.3 Å². The maximum atomic E-state index is 12.9. The second-order valence-corrected chi connectivity index (χ2v) is 10.7. The van der Waals surface area contributed by atoms with Gasteiger partial charge >= 0.3 is 5.97 Å². The van der Waals surface area contributed by atoms with E-state index in [2.05, 4.69) is 45.0 Å². The number of Topliss-reactive ketones (excluding diaryl/α,β-unsaturated/α-hetero) is 1. The first-order valence-corrected chi connectivity index (χ1v) is 12.3. The van der Waals surface area contributed by atoms with Gasteiger partial charge in [-0.1, -0.05) is 74.8 Å². The monoisotopic (exact) mass is 525 g/mol. The van der Waals surface area contributed by atoms with E-state index in [1.807, 2.05) is 41.3 Å². The van der Waals surface area contributed by atoms with E-state index in [1.54, 1.807) is 0 Å². The number of aliphatic carboxylic acids is 1. The molecule has 0 bridgehead atoms. The number of halogens is 1. The number of aliphatic hydroxyl groups excluding tert-OH is 1. The minimum atomic E-state index is -1.54. The Morgan fingerprint density at radius 2 is 1.76 bits per heavy atom. The molecule has 3 aromatic rings. The molecule has 1 aliphatic rings. The molecule has 0 saturated heterocycles. The lowest BCUT2D eigenvalue weighted by Crippen LogP contribution is -2.39. The largest absolute Gasteiger partial charge is 0.479 e. The van der Waals surface area contributed by atoms with Crippen molar-refractivity contribution >= 4 is 45.7 Å². The van der Waals surface area contributed by atoms with Crippen molar-refractivity contribution in [3.8, 4) is 0 Å². The normalized spacial score (nSPS) is 16.3. The van der Waals surface area contributed by atoms with Gasteiger partial charge in [0.05, 0.1) is 0 Å². The van der Waals surface area contributed by atoms with Crippen molar-refractivity contribution in [3.05, 3.63) is 76.8 Å². The summed E-state index contributed by atoms with van der Waals surface area (Å²) in [5.74, 6) is -1.71. The van der Waals surface area contributed by atoms with Gasteiger partial charge in [-0.2, -0.15) is 0 Å². The standard InChI is InChI=1S/C24H24ClNO2.C5H8O4/c1-24(2,3)15-26-21-12-11-17(25)13-20(21)23(28-14-22(26)27)19-10-6-8-16-7-4-5-9-18(16)19;1-3(6)2-4(7)5(8)9/h4-13,23H,14-15H2,1-3H3;4,7H,2H2,1H3,(H,8,9). The number of fused-ring (bicyclic) bond motifs is 2. The van der Waals surface area contributed by atoms with E-state index < -0.39 is 12.1 Å². The number of ketones is 1. The van der Waals surface area contributed by atoms with Crippen molar-refractivity contribution in [2.75, 3.05) is 18.1 Å². The summed E-state index contributed by atoms with van der Waals surface area (Å²) in [5, 5.41) is 19.4. The highest BCUT2D eigenvalue weighted by Crippen LogP contribution is 2.40. The predicted molar refractivity (Wildman–Crippen MR) is 144 cm³/mol. The lowest BCUT2D eigenvalue weighted by molar-refractivity contribution is -0.148. The molecule has 2 atom stereocenters. The van der Waals surface area contributed by atoms with Crippen molar-refractivity contribution in [1.82, 2.24) is 0 Å². The van der Waals surface area contributed by atoms with Crippen LogP contribution < -0.4 is 4.90 Å². The molecule has 2 N–H and O–H groups in total. The quantitative estimate of drug-likeness (QED) is 0.462. The fourth-order valence-electron chi connectivity index (χ4n) is 4.18. The summed E-state index contributed by atoms with van der Waals surface area (Å²) in [6.45, 7) is 8.27. The minimum Gasteiger partial charge on any atom is -0.479 e. The van der Waals surface area contributed by atoms with Crippen molar-refractivity contribution in [2.24, 2.45) is 5.41 Å². The molecule has 0 aliphatic carbocycles. The molecule has 4 rings (SSSR count). The Hall–Kier alpha value is -3.26. The molecular formula is C29H32ClNO6. The average molecular weight is 526 g/mol. The smallest absolute Gasteiger partial charge is 0.332 e. The molecule has 37 heavy (non-hydrogen) atoms. The molecule has 0 radical (unpaired) electrons. The fourth-order valence-corrected chi connectivity index (χ4v) is 4.36. The molecule has 0 fully saturated rings. The van der Waals surface area contributed by atoms with Gasteiger partial charge < -0.3 is 19.8 Å². The second-order valence-electron chi connectivity index (χ2n) is 10.3. The van der Waals surface area contributed by atoms with Gasteiger partial charge in [-0.05, 0) is 46.9 Å². The maximum absolute atomic E-state index is 12.9. The number of nitrogens with zero attached hydrogens (tertiary/aromatic N) is 1. The summed E-state index contributed by atoms with van der Waals surface area (Å²) in [7, 11) is 0. The zero-order valence-electron chi connectivity index (χ0n) is 21.4. The Bertz CT molecular complexity index is 1290. The Morgan fingerprint density at radius 3 is 2.38 bits per heavy atom. The predicted octanol–water partition coefficient (Wildman–Crippen LogP) is 5.40. The lowest BCUT2D eigenvalue weighted by Gasteiger charge is -2.30. The van der Waals surface area contributed by atoms with Crippen molar-refractivity contribution < 1.29 is 29.3 Å². The summed E-state index contributed by atoms with van der Waals surface area (Å²) in [4.78, 5) is 34.8. The van der Waals surface area contributed by atoms with E-state index in [0.29, 0.717) is 11.6 Å². The van der Waals surface area contributed by atoms with Crippen molar-refractivity contribution in [1.29, 1.82) is 0 Å². The summed E-state index contributed by atoms with van der Waals surface area (Å²) < 4.78 is 6.19. The molecule has 3 aromatic carbocycles. The van der Waals surface area contributed by atoms with Gasteiger partial charge in [-0.15, -0.1) is 0 Å². The van der Waals surface area contributed by atoms with E-state index >= 15 is 0 Å². The molecule has 1 amide bonds. The Kier molecular flexibility index (Phi) is 9.07. The summed E-state index contributed by atoms with van der Waals surface area (Å²) in [6.07, 6.45) is -2.20. The van der Waals surface area contributed by atoms with Crippen LogP contribution in [0.25, 0.3) is 10.8 Å². The topological polar surface area (TPSA) is 104 Å². The average Bonchev–Trinajstić information content (AvgIpc) is 2.94. The number of anilines is 1. The first-order chi connectivity index (χ1) is 17.4. The highest BCUT2D eigenvalue weighted by Gasteiger charge is 2.32. The highest BCUT2D eigenvalue weighted by molar-refractivity contribution is 6.30. The van der Waals surface area contributed by atoms with Gasteiger partial charge in [0.2, 0.25) is 0 Å². The number of amides is 1. The number of aliphatic hydroxyl groups is 1.